The number of para-hydroxylation sites is 1. The first-order chi connectivity index (χ1) is 9.65. The van der Waals surface area contributed by atoms with E-state index in [1.807, 2.05) is 36.2 Å². The minimum Gasteiger partial charge on any atom is -0.384 e. The summed E-state index contributed by atoms with van der Waals surface area (Å²) in [5.41, 5.74) is 7.24. The highest BCUT2D eigenvalue weighted by atomic mass is 16.2. The average molecular weight is 269 g/mol. The van der Waals surface area contributed by atoms with Crippen LogP contribution in [0.1, 0.15) is 29.6 Å². The molecule has 0 atom stereocenters. The highest BCUT2D eigenvalue weighted by Crippen LogP contribution is 2.28. The summed E-state index contributed by atoms with van der Waals surface area (Å²) >= 11 is 0. The minimum atomic E-state index is 0.0298. The SMILES string of the molecule is CN(CC1CCC1)C(=O)c1cc(N)nc2ccccc12. The lowest BCUT2D eigenvalue weighted by atomic mass is 9.85. The van der Waals surface area contributed by atoms with Crippen LogP contribution in [0.5, 0.6) is 0 Å². The van der Waals surface area contributed by atoms with Crippen LogP contribution in [0.2, 0.25) is 0 Å². The quantitative estimate of drug-likeness (QED) is 0.932. The van der Waals surface area contributed by atoms with Gasteiger partial charge in [-0.25, -0.2) is 4.98 Å². The Morgan fingerprint density at radius 3 is 2.85 bits per heavy atom. The predicted octanol–water partition coefficient (Wildman–Crippen LogP) is 2.69. The lowest BCUT2D eigenvalue weighted by Crippen LogP contribution is -2.34. The summed E-state index contributed by atoms with van der Waals surface area (Å²) in [6, 6.07) is 9.31. The predicted molar refractivity (Wildman–Crippen MR) is 80.5 cm³/mol. The molecule has 1 heterocycles. The molecular formula is C16H19N3O. The van der Waals surface area contributed by atoms with Gasteiger partial charge in [0.15, 0.2) is 0 Å². The normalized spacial score (nSPS) is 15.1. The van der Waals surface area contributed by atoms with Crippen LogP contribution in [0.3, 0.4) is 0 Å². The van der Waals surface area contributed by atoms with Crippen LogP contribution in [-0.4, -0.2) is 29.4 Å². The van der Waals surface area contributed by atoms with Crippen LogP contribution < -0.4 is 5.73 Å². The molecule has 4 nitrogen and oxygen atoms in total. The molecular weight excluding hydrogens is 250 g/mol. The molecule has 104 valence electrons. The van der Waals surface area contributed by atoms with E-state index in [1.165, 1.54) is 19.3 Å². The number of carbonyl (C=O) groups excluding carboxylic acids is 1. The van der Waals surface area contributed by atoms with Crippen LogP contribution in [0.15, 0.2) is 30.3 Å². The van der Waals surface area contributed by atoms with Gasteiger partial charge in [0, 0.05) is 19.0 Å². The van der Waals surface area contributed by atoms with Crippen molar-refractivity contribution in [3.8, 4) is 0 Å². The van der Waals surface area contributed by atoms with Gasteiger partial charge < -0.3 is 10.6 Å². The molecule has 0 radical (unpaired) electrons. The highest BCUT2D eigenvalue weighted by Gasteiger charge is 2.23. The molecule has 1 aliphatic carbocycles. The van der Waals surface area contributed by atoms with E-state index >= 15 is 0 Å². The van der Waals surface area contributed by atoms with Crippen molar-refractivity contribution < 1.29 is 4.79 Å². The number of hydrogen-bond donors (Lipinski definition) is 1. The number of fused-ring (bicyclic) bond motifs is 1. The van der Waals surface area contributed by atoms with Gasteiger partial charge in [-0.05, 0) is 30.9 Å². The summed E-state index contributed by atoms with van der Waals surface area (Å²) in [5, 5.41) is 0.868. The van der Waals surface area contributed by atoms with Gasteiger partial charge >= 0.3 is 0 Å². The number of rotatable bonds is 3. The average Bonchev–Trinajstić information content (AvgIpc) is 2.40. The summed E-state index contributed by atoms with van der Waals surface area (Å²) in [5.74, 6) is 1.08. The van der Waals surface area contributed by atoms with Gasteiger partial charge in [0.2, 0.25) is 0 Å². The van der Waals surface area contributed by atoms with Crippen LogP contribution in [-0.2, 0) is 0 Å². The smallest absolute Gasteiger partial charge is 0.254 e. The molecule has 0 saturated heterocycles. The van der Waals surface area contributed by atoms with Crippen molar-refractivity contribution in [1.29, 1.82) is 0 Å². The number of aromatic nitrogens is 1. The third-order valence-electron chi connectivity index (χ3n) is 4.07. The van der Waals surface area contributed by atoms with E-state index in [0.717, 1.165) is 17.4 Å². The summed E-state index contributed by atoms with van der Waals surface area (Å²) in [4.78, 5) is 18.7. The van der Waals surface area contributed by atoms with Crippen LogP contribution >= 0.6 is 0 Å². The van der Waals surface area contributed by atoms with E-state index in [0.29, 0.717) is 17.3 Å². The van der Waals surface area contributed by atoms with Gasteiger partial charge in [-0.15, -0.1) is 0 Å². The zero-order chi connectivity index (χ0) is 14.1. The zero-order valence-corrected chi connectivity index (χ0v) is 11.7. The molecule has 1 amide bonds. The molecule has 2 N–H and O–H groups in total. The molecule has 1 aromatic heterocycles. The Morgan fingerprint density at radius 1 is 1.40 bits per heavy atom. The summed E-state index contributed by atoms with van der Waals surface area (Å²) in [6.45, 7) is 0.829. The molecule has 1 saturated carbocycles. The fourth-order valence-corrected chi connectivity index (χ4v) is 2.72. The molecule has 0 spiro atoms. The number of pyridine rings is 1. The monoisotopic (exact) mass is 269 g/mol. The van der Waals surface area contributed by atoms with Gasteiger partial charge in [-0.1, -0.05) is 24.6 Å². The Balaban J connectivity index is 1.93. The van der Waals surface area contributed by atoms with E-state index in [-0.39, 0.29) is 5.91 Å². The molecule has 4 heteroatoms. The molecule has 1 fully saturated rings. The fraction of sp³-hybridized carbons (Fsp3) is 0.375. The van der Waals surface area contributed by atoms with Gasteiger partial charge in [0.1, 0.15) is 5.82 Å². The molecule has 20 heavy (non-hydrogen) atoms. The summed E-state index contributed by atoms with van der Waals surface area (Å²) in [7, 11) is 1.87. The van der Waals surface area contributed by atoms with Crippen molar-refractivity contribution in [1.82, 2.24) is 9.88 Å². The van der Waals surface area contributed by atoms with Crippen LogP contribution in [0, 0.1) is 5.92 Å². The maximum atomic E-state index is 12.6. The van der Waals surface area contributed by atoms with Crippen LogP contribution in [0.25, 0.3) is 10.9 Å². The van der Waals surface area contributed by atoms with Crippen molar-refractivity contribution >= 4 is 22.6 Å². The minimum absolute atomic E-state index is 0.0298. The Kier molecular flexibility index (Phi) is 3.30. The lowest BCUT2D eigenvalue weighted by molar-refractivity contribution is 0.0747. The van der Waals surface area contributed by atoms with Crippen LogP contribution in [0.4, 0.5) is 5.82 Å². The third-order valence-corrected chi connectivity index (χ3v) is 4.07. The van der Waals surface area contributed by atoms with Gasteiger partial charge in [0.25, 0.3) is 5.91 Å². The first-order valence-corrected chi connectivity index (χ1v) is 7.06. The van der Waals surface area contributed by atoms with Crippen molar-refractivity contribution in [2.45, 2.75) is 19.3 Å². The maximum absolute atomic E-state index is 12.6. The first-order valence-electron chi connectivity index (χ1n) is 7.06. The Labute approximate surface area is 118 Å². The van der Waals surface area contributed by atoms with E-state index in [2.05, 4.69) is 4.98 Å². The highest BCUT2D eigenvalue weighted by molar-refractivity contribution is 6.06. The van der Waals surface area contributed by atoms with Gasteiger partial charge in [-0.2, -0.15) is 0 Å². The number of hydrogen-bond acceptors (Lipinski definition) is 3. The number of nitrogens with zero attached hydrogens (tertiary/aromatic N) is 2. The van der Waals surface area contributed by atoms with Gasteiger partial charge in [-0.3, -0.25) is 4.79 Å². The van der Waals surface area contributed by atoms with E-state index in [9.17, 15) is 4.79 Å². The van der Waals surface area contributed by atoms with E-state index in [1.54, 1.807) is 6.07 Å². The van der Waals surface area contributed by atoms with Crippen molar-refractivity contribution in [3.63, 3.8) is 0 Å². The summed E-state index contributed by atoms with van der Waals surface area (Å²) < 4.78 is 0. The second-order valence-corrected chi connectivity index (χ2v) is 5.59. The van der Waals surface area contributed by atoms with E-state index in [4.69, 9.17) is 5.73 Å². The maximum Gasteiger partial charge on any atom is 0.254 e. The Morgan fingerprint density at radius 2 is 2.15 bits per heavy atom. The standard InChI is InChI=1S/C16H19N3O/c1-19(10-11-5-4-6-11)16(20)13-9-15(17)18-14-8-3-2-7-12(13)14/h2-3,7-9,11H,4-6,10H2,1H3,(H2,17,18). The number of anilines is 1. The second kappa shape index (κ2) is 5.12. The molecule has 0 unspecified atom stereocenters. The molecule has 3 rings (SSSR count). The molecule has 0 bridgehead atoms. The fourth-order valence-electron chi connectivity index (χ4n) is 2.72. The first kappa shape index (κ1) is 12.9. The largest absolute Gasteiger partial charge is 0.384 e. The zero-order valence-electron chi connectivity index (χ0n) is 11.7. The topological polar surface area (TPSA) is 59.2 Å². The van der Waals surface area contributed by atoms with Crippen molar-refractivity contribution in [2.24, 2.45) is 5.92 Å². The second-order valence-electron chi connectivity index (χ2n) is 5.59. The number of amides is 1. The van der Waals surface area contributed by atoms with E-state index < -0.39 is 0 Å². The number of nitrogen functional groups attached to an aromatic ring is 1. The summed E-state index contributed by atoms with van der Waals surface area (Å²) in [6.07, 6.45) is 3.76. The lowest BCUT2D eigenvalue weighted by Gasteiger charge is -2.30. The van der Waals surface area contributed by atoms with Crippen molar-refractivity contribution in [2.75, 3.05) is 19.3 Å². The third kappa shape index (κ3) is 2.33. The molecule has 1 aliphatic rings. The molecule has 2 aromatic rings. The van der Waals surface area contributed by atoms with Crippen molar-refractivity contribution in [3.05, 3.63) is 35.9 Å². The Bertz CT molecular complexity index is 649. The number of carbonyl (C=O) groups is 1. The Hall–Kier alpha value is -2.10. The number of benzene rings is 1. The molecule has 0 aliphatic heterocycles. The molecule has 1 aromatic carbocycles. The number of nitrogens with two attached hydrogens (primary N) is 1. The van der Waals surface area contributed by atoms with Gasteiger partial charge in [0.05, 0.1) is 11.1 Å².